The fourth-order valence-electron chi connectivity index (χ4n) is 3.26. The molecule has 2 aromatic heterocycles. The predicted molar refractivity (Wildman–Crippen MR) is 118 cm³/mol. The molecule has 0 bridgehead atoms. The van der Waals surface area contributed by atoms with E-state index in [9.17, 15) is 14.3 Å². The molecule has 1 unspecified atom stereocenters. The van der Waals surface area contributed by atoms with Crippen LogP contribution in [0.1, 0.15) is 11.5 Å². The molecule has 158 valence electrons. The molecule has 2 heterocycles. The normalized spacial score (nSPS) is 12.1. The van der Waals surface area contributed by atoms with Crippen molar-refractivity contribution in [3.8, 4) is 5.69 Å². The molecule has 4 aromatic rings. The summed E-state index contributed by atoms with van der Waals surface area (Å²) in [6.07, 6.45) is -1.15. The molecule has 0 spiro atoms. The highest BCUT2D eigenvalue weighted by Gasteiger charge is 2.14. The lowest BCUT2D eigenvalue weighted by Gasteiger charge is -2.18. The van der Waals surface area contributed by atoms with Crippen molar-refractivity contribution in [2.24, 2.45) is 0 Å². The number of pyridine rings is 1. The van der Waals surface area contributed by atoms with Gasteiger partial charge in [-0.15, -0.1) is 0 Å². The van der Waals surface area contributed by atoms with Crippen LogP contribution in [0.2, 0.25) is 5.15 Å². The van der Waals surface area contributed by atoms with E-state index in [4.69, 9.17) is 11.6 Å². The highest BCUT2D eigenvalue weighted by atomic mass is 35.5. The molecule has 31 heavy (non-hydrogen) atoms. The highest BCUT2D eigenvalue weighted by Crippen LogP contribution is 2.16. The van der Waals surface area contributed by atoms with E-state index in [1.165, 1.54) is 28.8 Å². The van der Waals surface area contributed by atoms with Crippen molar-refractivity contribution in [2.75, 3.05) is 5.32 Å². The Morgan fingerprint density at radius 2 is 1.87 bits per heavy atom. The fourth-order valence-corrected chi connectivity index (χ4v) is 3.51. The molecular weight excluding hydrogens is 421 g/mol. The molecule has 0 radical (unpaired) electrons. The summed E-state index contributed by atoms with van der Waals surface area (Å²) in [5.41, 5.74) is 2.00. The second-order valence-electron chi connectivity index (χ2n) is 6.91. The van der Waals surface area contributed by atoms with E-state index < -0.39 is 12.2 Å². The molecule has 0 aliphatic rings. The van der Waals surface area contributed by atoms with Gasteiger partial charge in [-0.2, -0.15) is 0 Å². The molecule has 7 nitrogen and oxygen atoms in total. The van der Waals surface area contributed by atoms with Crippen LogP contribution in [0.5, 0.6) is 0 Å². The van der Waals surface area contributed by atoms with E-state index in [2.05, 4.69) is 20.6 Å². The number of aryl methyl sites for hydroxylation is 1. The maximum absolute atomic E-state index is 13.4. The maximum Gasteiger partial charge on any atom is 0.266 e. The molecule has 0 saturated carbocycles. The minimum atomic E-state index is -1.15. The summed E-state index contributed by atoms with van der Waals surface area (Å²) in [5, 5.41) is 16.9. The van der Waals surface area contributed by atoms with Gasteiger partial charge in [-0.05, 0) is 55.5 Å². The van der Waals surface area contributed by atoms with Crippen molar-refractivity contribution in [3.05, 3.63) is 93.5 Å². The lowest BCUT2D eigenvalue weighted by Crippen LogP contribution is -2.37. The third kappa shape index (κ3) is 4.72. The standard InChI is InChI=1S/C22H19ClFN5O2/c1-13-10-15(11-19(23)26-13)27-22(31)25-12-20-28-18-5-3-2-4-17(18)21(30)29(20)16-8-6-14(24)7-9-16/h2-11,22,25,31H,12H2,1H3,(H,26,27). The Balaban J connectivity index is 1.65. The fraction of sp³-hybridized carbons (Fsp3) is 0.136. The minimum Gasteiger partial charge on any atom is -0.361 e. The first kappa shape index (κ1) is 20.9. The van der Waals surface area contributed by atoms with Gasteiger partial charge in [0.15, 0.2) is 6.35 Å². The number of nitrogens with one attached hydrogen (secondary N) is 2. The highest BCUT2D eigenvalue weighted by molar-refractivity contribution is 6.29. The Labute approximate surface area is 182 Å². The first-order valence-electron chi connectivity index (χ1n) is 9.49. The third-order valence-corrected chi connectivity index (χ3v) is 4.80. The van der Waals surface area contributed by atoms with Crippen LogP contribution in [-0.4, -0.2) is 26.0 Å². The van der Waals surface area contributed by atoms with Crippen molar-refractivity contribution in [1.29, 1.82) is 0 Å². The Bertz CT molecular complexity index is 1270. The zero-order chi connectivity index (χ0) is 22.0. The zero-order valence-corrected chi connectivity index (χ0v) is 17.3. The van der Waals surface area contributed by atoms with Crippen molar-refractivity contribution < 1.29 is 9.50 Å². The Kier molecular flexibility index (Phi) is 5.94. The second kappa shape index (κ2) is 8.81. The third-order valence-electron chi connectivity index (χ3n) is 4.61. The summed E-state index contributed by atoms with van der Waals surface area (Å²) < 4.78 is 14.8. The van der Waals surface area contributed by atoms with Crippen LogP contribution in [0, 0.1) is 12.7 Å². The van der Waals surface area contributed by atoms with Crippen LogP contribution in [0.15, 0.2) is 65.5 Å². The van der Waals surface area contributed by atoms with Crippen LogP contribution >= 0.6 is 11.6 Å². The number of nitrogens with zero attached hydrogens (tertiary/aromatic N) is 3. The van der Waals surface area contributed by atoms with Gasteiger partial charge < -0.3 is 10.4 Å². The zero-order valence-electron chi connectivity index (χ0n) is 16.5. The Morgan fingerprint density at radius 3 is 2.61 bits per heavy atom. The lowest BCUT2D eigenvalue weighted by molar-refractivity contribution is 0.162. The monoisotopic (exact) mass is 439 g/mol. The van der Waals surface area contributed by atoms with E-state index in [-0.39, 0.29) is 12.1 Å². The van der Waals surface area contributed by atoms with Crippen LogP contribution in [-0.2, 0) is 6.54 Å². The Morgan fingerprint density at radius 1 is 1.13 bits per heavy atom. The largest absolute Gasteiger partial charge is 0.361 e. The first-order valence-corrected chi connectivity index (χ1v) is 9.87. The molecule has 9 heteroatoms. The molecule has 0 amide bonds. The number of halogens is 2. The Hall–Kier alpha value is -3.33. The second-order valence-corrected chi connectivity index (χ2v) is 7.30. The van der Waals surface area contributed by atoms with Gasteiger partial charge in [0.1, 0.15) is 16.8 Å². The van der Waals surface area contributed by atoms with E-state index in [0.717, 1.165) is 0 Å². The van der Waals surface area contributed by atoms with Gasteiger partial charge in [0.05, 0.1) is 23.1 Å². The summed E-state index contributed by atoms with van der Waals surface area (Å²) in [4.78, 5) is 21.8. The van der Waals surface area contributed by atoms with Crippen molar-refractivity contribution >= 4 is 28.2 Å². The van der Waals surface area contributed by atoms with Crippen LogP contribution in [0.4, 0.5) is 10.1 Å². The van der Waals surface area contributed by atoms with Crippen LogP contribution < -0.4 is 16.2 Å². The van der Waals surface area contributed by atoms with E-state index in [1.54, 1.807) is 43.3 Å². The SMILES string of the molecule is Cc1cc(NC(O)NCc2nc3ccccc3c(=O)n2-c2ccc(F)cc2)cc(Cl)n1. The van der Waals surface area contributed by atoms with Gasteiger partial charge in [-0.3, -0.25) is 14.7 Å². The number of fused-ring (bicyclic) bond motifs is 1. The molecule has 1 atom stereocenters. The number of aromatic nitrogens is 3. The minimum absolute atomic E-state index is 0.0589. The van der Waals surface area contributed by atoms with Gasteiger partial charge in [-0.1, -0.05) is 23.7 Å². The van der Waals surface area contributed by atoms with Gasteiger partial charge >= 0.3 is 0 Å². The van der Waals surface area contributed by atoms with Gasteiger partial charge in [0.2, 0.25) is 0 Å². The lowest BCUT2D eigenvalue weighted by atomic mass is 10.2. The average Bonchev–Trinajstić information content (AvgIpc) is 2.72. The number of rotatable bonds is 6. The number of aliphatic hydroxyl groups excluding tert-OH is 1. The summed E-state index contributed by atoms with van der Waals surface area (Å²) in [5.74, 6) is -0.0451. The van der Waals surface area contributed by atoms with Crippen LogP contribution in [0.3, 0.4) is 0 Å². The number of para-hydroxylation sites is 1. The van der Waals surface area contributed by atoms with Crippen molar-refractivity contribution in [2.45, 2.75) is 19.8 Å². The molecular formula is C22H19ClFN5O2. The van der Waals surface area contributed by atoms with E-state index >= 15 is 0 Å². The number of benzene rings is 2. The van der Waals surface area contributed by atoms with Gasteiger partial charge in [0, 0.05) is 11.4 Å². The number of hydrogen-bond acceptors (Lipinski definition) is 6. The number of aliphatic hydroxyl groups is 1. The average molecular weight is 440 g/mol. The summed E-state index contributed by atoms with van der Waals surface area (Å²) in [7, 11) is 0. The number of hydrogen-bond donors (Lipinski definition) is 3. The molecule has 0 fully saturated rings. The van der Waals surface area contributed by atoms with Crippen molar-refractivity contribution in [3.63, 3.8) is 0 Å². The van der Waals surface area contributed by atoms with Crippen molar-refractivity contribution in [1.82, 2.24) is 19.9 Å². The first-order chi connectivity index (χ1) is 14.9. The quantitative estimate of drug-likeness (QED) is 0.315. The summed E-state index contributed by atoms with van der Waals surface area (Å²) in [6, 6.07) is 15.9. The summed E-state index contributed by atoms with van der Waals surface area (Å²) >= 11 is 5.95. The molecule has 2 aromatic carbocycles. The van der Waals surface area contributed by atoms with Gasteiger partial charge in [0.25, 0.3) is 5.56 Å². The van der Waals surface area contributed by atoms with Gasteiger partial charge in [-0.25, -0.2) is 14.4 Å². The maximum atomic E-state index is 13.4. The van der Waals surface area contributed by atoms with E-state index in [1.807, 2.05) is 0 Å². The number of anilines is 1. The smallest absolute Gasteiger partial charge is 0.266 e. The molecule has 0 saturated heterocycles. The molecule has 0 aliphatic carbocycles. The molecule has 0 aliphatic heterocycles. The molecule has 3 N–H and O–H groups in total. The predicted octanol–water partition coefficient (Wildman–Crippen LogP) is 3.36. The van der Waals surface area contributed by atoms with E-state index in [0.29, 0.717) is 38.9 Å². The molecule has 4 rings (SSSR count). The van der Waals surface area contributed by atoms with Crippen LogP contribution in [0.25, 0.3) is 16.6 Å². The summed E-state index contributed by atoms with van der Waals surface area (Å²) in [6.45, 7) is 1.85. The topological polar surface area (TPSA) is 92.1 Å².